The van der Waals surface area contributed by atoms with Gasteiger partial charge in [-0.2, -0.15) is 13.2 Å². The highest BCUT2D eigenvalue weighted by atomic mass is 19.4. The Labute approximate surface area is 139 Å². The van der Waals surface area contributed by atoms with E-state index in [0.29, 0.717) is 19.4 Å². The number of hydrogen-bond donors (Lipinski definition) is 1. The molecule has 0 heterocycles. The first-order valence-corrected chi connectivity index (χ1v) is 7.66. The number of carbonyl (C=O) groups excluding carboxylic acids is 2. The first-order valence-electron chi connectivity index (χ1n) is 7.66. The van der Waals surface area contributed by atoms with Gasteiger partial charge in [-0.05, 0) is 45.7 Å². The number of Topliss-reactive ketones (excluding diaryl/α,β-unsaturated/α-hetero) is 1. The Hall–Kier alpha value is -2.05. The summed E-state index contributed by atoms with van der Waals surface area (Å²) >= 11 is 0. The maximum absolute atomic E-state index is 12.6. The normalized spacial score (nSPS) is 11.9. The number of ether oxygens (including phenoxy) is 1. The van der Waals surface area contributed by atoms with Gasteiger partial charge in [0.2, 0.25) is 0 Å². The fourth-order valence-corrected chi connectivity index (χ4v) is 1.93. The number of carbonyl (C=O) groups is 2. The Morgan fingerprint density at radius 2 is 1.79 bits per heavy atom. The number of hydrogen-bond acceptors (Lipinski definition) is 3. The molecule has 0 unspecified atom stereocenters. The maximum Gasteiger partial charge on any atom is 0.416 e. The summed E-state index contributed by atoms with van der Waals surface area (Å²) in [5.41, 5.74) is -1.37. The second-order valence-corrected chi connectivity index (χ2v) is 6.39. The molecule has 0 spiro atoms. The summed E-state index contributed by atoms with van der Waals surface area (Å²) in [6.45, 7) is 5.59. The average molecular weight is 345 g/mol. The summed E-state index contributed by atoms with van der Waals surface area (Å²) < 4.78 is 42.9. The number of ketones is 1. The SMILES string of the molecule is CC(C)(C)OC(=O)NCCCCC(=O)c1cccc(C(F)(F)F)c1. The molecule has 0 atom stereocenters. The van der Waals surface area contributed by atoms with Crippen molar-refractivity contribution < 1.29 is 27.5 Å². The third kappa shape index (κ3) is 7.48. The lowest BCUT2D eigenvalue weighted by atomic mass is 10.0. The highest BCUT2D eigenvalue weighted by molar-refractivity contribution is 5.96. The molecule has 24 heavy (non-hydrogen) atoms. The second kappa shape index (κ2) is 8.17. The Morgan fingerprint density at radius 3 is 2.38 bits per heavy atom. The number of rotatable bonds is 6. The lowest BCUT2D eigenvalue weighted by molar-refractivity contribution is -0.137. The van der Waals surface area contributed by atoms with E-state index in [-0.39, 0.29) is 17.8 Å². The van der Waals surface area contributed by atoms with Crippen molar-refractivity contribution >= 4 is 11.9 Å². The van der Waals surface area contributed by atoms with Gasteiger partial charge in [-0.15, -0.1) is 0 Å². The molecule has 1 aromatic rings. The van der Waals surface area contributed by atoms with Gasteiger partial charge in [0, 0.05) is 18.5 Å². The van der Waals surface area contributed by atoms with Crippen LogP contribution in [0.4, 0.5) is 18.0 Å². The molecule has 0 bridgehead atoms. The van der Waals surface area contributed by atoms with Crippen molar-refractivity contribution in [2.75, 3.05) is 6.54 Å². The fourth-order valence-electron chi connectivity index (χ4n) is 1.93. The van der Waals surface area contributed by atoms with E-state index in [1.807, 2.05) is 0 Å². The number of unbranched alkanes of at least 4 members (excludes halogenated alkanes) is 1. The Morgan fingerprint density at radius 1 is 1.12 bits per heavy atom. The Bertz CT molecular complexity index is 577. The molecular weight excluding hydrogens is 323 g/mol. The Balaban J connectivity index is 2.36. The quantitative estimate of drug-likeness (QED) is 0.606. The molecular formula is C17H22F3NO3. The molecule has 4 nitrogen and oxygen atoms in total. The van der Waals surface area contributed by atoms with Crippen molar-refractivity contribution in [2.45, 2.75) is 51.8 Å². The zero-order valence-corrected chi connectivity index (χ0v) is 14.0. The summed E-state index contributed by atoms with van der Waals surface area (Å²) in [5, 5.41) is 2.56. The molecule has 0 radical (unpaired) electrons. The van der Waals surface area contributed by atoms with E-state index >= 15 is 0 Å². The van der Waals surface area contributed by atoms with Crippen molar-refractivity contribution in [3.63, 3.8) is 0 Å². The molecule has 0 aliphatic carbocycles. The van der Waals surface area contributed by atoms with E-state index in [9.17, 15) is 22.8 Å². The molecule has 0 aliphatic rings. The number of alkyl carbamates (subject to hydrolysis) is 1. The van der Waals surface area contributed by atoms with Gasteiger partial charge in [0.15, 0.2) is 5.78 Å². The molecule has 1 aromatic carbocycles. The van der Waals surface area contributed by atoms with E-state index in [0.717, 1.165) is 12.1 Å². The van der Waals surface area contributed by atoms with Gasteiger partial charge in [-0.1, -0.05) is 12.1 Å². The molecule has 7 heteroatoms. The summed E-state index contributed by atoms with van der Waals surface area (Å²) in [4.78, 5) is 23.3. The zero-order chi connectivity index (χ0) is 18.4. The van der Waals surface area contributed by atoms with Crippen LogP contribution in [0.25, 0.3) is 0 Å². The van der Waals surface area contributed by atoms with Crippen molar-refractivity contribution in [1.29, 1.82) is 0 Å². The number of benzene rings is 1. The highest BCUT2D eigenvalue weighted by Gasteiger charge is 2.30. The van der Waals surface area contributed by atoms with E-state index in [2.05, 4.69) is 5.32 Å². The third-order valence-corrected chi connectivity index (χ3v) is 3.01. The topological polar surface area (TPSA) is 55.4 Å². The van der Waals surface area contributed by atoms with Crippen LogP contribution in [0.15, 0.2) is 24.3 Å². The van der Waals surface area contributed by atoms with Crippen LogP contribution in [0.1, 0.15) is 56.0 Å². The van der Waals surface area contributed by atoms with Crippen molar-refractivity contribution in [1.82, 2.24) is 5.32 Å². The van der Waals surface area contributed by atoms with Gasteiger partial charge in [0.05, 0.1) is 5.56 Å². The zero-order valence-electron chi connectivity index (χ0n) is 14.0. The minimum absolute atomic E-state index is 0.0462. The van der Waals surface area contributed by atoms with E-state index in [1.54, 1.807) is 20.8 Å². The molecule has 0 aromatic heterocycles. The number of amides is 1. The molecule has 0 saturated carbocycles. The predicted octanol–water partition coefficient (Wildman–Crippen LogP) is 4.58. The number of alkyl halides is 3. The smallest absolute Gasteiger partial charge is 0.416 e. The van der Waals surface area contributed by atoms with Crippen LogP contribution in [0.5, 0.6) is 0 Å². The van der Waals surface area contributed by atoms with Gasteiger partial charge in [0.25, 0.3) is 0 Å². The molecule has 134 valence electrons. The van der Waals surface area contributed by atoms with Crippen LogP contribution < -0.4 is 5.32 Å². The van der Waals surface area contributed by atoms with E-state index < -0.39 is 23.4 Å². The summed E-state index contributed by atoms with van der Waals surface area (Å²) in [7, 11) is 0. The van der Waals surface area contributed by atoms with Crippen molar-refractivity contribution in [2.24, 2.45) is 0 Å². The second-order valence-electron chi connectivity index (χ2n) is 6.39. The van der Waals surface area contributed by atoms with Crippen LogP contribution in [0.3, 0.4) is 0 Å². The fraction of sp³-hybridized carbons (Fsp3) is 0.529. The summed E-state index contributed by atoms with van der Waals surface area (Å²) in [5.74, 6) is -0.349. The summed E-state index contributed by atoms with van der Waals surface area (Å²) in [6.07, 6.45) is -3.88. The summed E-state index contributed by atoms with van der Waals surface area (Å²) in [6, 6.07) is 4.39. The van der Waals surface area contributed by atoms with Crippen molar-refractivity contribution in [3.05, 3.63) is 35.4 Å². The minimum atomic E-state index is -4.46. The van der Waals surface area contributed by atoms with Crippen LogP contribution in [-0.4, -0.2) is 24.0 Å². The van der Waals surface area contributed by atoms with Gasteiger partial charge in [-0.25, -0.2) is 4.79 Å². The van der Waals surface area contributed by atoms with Crippen LogP contribution in [0, 0.1) is 0 Å². The number of nitrogens with one attached hydrogen (secondary N) is 1. The molecule has 0 saturated heterocycles. The predicted molar refractivity (Wildman–Crippen MR) is 83.9 cm³/mol. The largest absolute Gasteiger partial charge is 0.444 e. The molecule has 0 aliphatic heterocycles. The molecule has 0 fully saturated rings. The van der Waals surface area contributed by atoms with E-state index in [4.69, 9.17) is 4.74 Å². The van der Waals surface area contributed by atoms with Gasteiger partial charge in [-0.3, -0.25) is 4.79 Å². The number of halogens is 3. The third-order valence-electron chi connectivity index (χ3n) is 3.01. The standard InChI is InChI=1S/C17H22F3NO3/c1-16(2,3)24-15(23)21-10-5-4-9-14(22)12-7-6-8-13(11-12)17(18,19)20/h6-8,11H,4-5,9-10H2,1-3H3,(H,21,23). The highest BCUT2D eigenvalue weighted by Crippen LogP contribution is 2.29. The average Bonchev–Trinajstić information content (AvgIpc) is 2.44. The van der Waals surface area contributed by atoms with Crippen molar-refractivity contribution in [3.8, 4) is 0 Å². The first kappa shape index (κ1) is 20.0. The Kier molecular flexibility index (Phi) is 6.81. The van der Waals surface area contributed by atoms with Crippen LogP contribution in [0.2, 0.25) is 0 Å². The van der Waals surface area contributed by atoms with E-state index in [1.165, 1.54) is 12.1 Å². The monoisotopic (exact) mass is 345 g/mol. The molecule has 1 amide bonds. The molecule has 1 rings (SSSR count). The maximum atomic E-state index is 12.6. The minimum Gasteiger partial charge on any atom is -0.444 e. The van der Waals surface area contributed by atoms with Gasteiger partial charge >= 0.3 is 12.3 Å². The van der Waals surface area contributed by atoms with Gasteiger partial charge < -0.3 is 10.1 Å². The lowest BCUT2D eigenvalue weighted by Crippen LogP contribution is -2.33. The van der Waals surface area contributed by atoms with Crippen LogP contribution >= 0.6 is 0 Å². The van der Waals surface area contributed by atoms with Crippen LogP contribution in [-0.2, 0) is 10.9 Å². The molecule has 1 N–H and O–H groups in total. The first-order chi connectivity index (χ1) is 11.0. The lowest BCUT2D eigenvalue weighted by Gasteiger charge is -2.19. The van der Waals surface area contributed by atoms with Gasteiger partial charge in [0.1, 0.15) is 5.60 Å².